The molecule has 4 aromatic rings. The van der Waals surface area contributed by atoms with E-state index in [0.29, 0.717) is 53.2 Å². The molecule has 1 atom stereocenters. The second-order valence-electron chi connectivity index (χ2n) is 8.29. The summed E-state index contributed by atoms with van der Waals surface area (Å²) in [6.07, 6.45) is 0.961. The Morgan fingerprint density at radius 2 is 2.11 bits per heavy atom. The maximum Gasteiger partial charge on any atom is 0.406 e. The molecule has 0 spiro atoms. The van der Waals surface area contributed by atoms with E-state index in [9.17, 15) is 14.5 Å². The highest BCUT2D eigenvalue weighted by Crippen LogP contribution is 2.36. The molecule has 0 amide bonds. The van der Waals surface area contributed by atoms with Crippen molar-refractivity contribution in [1.82, 2.24) is 29.8 Å². The third-order valence-corrected chi connectivity index (χ3v) is 6.16. The fraction of sp³-hybridized carbons (Fsp3) is 0.304. The highest BCUT2D eigenvalue weighted by molar-refractivity contribution is 9.10. The Morgan fingerprint density at radius 1 is 1.28 bits per heavy atom. The largest absolute Gasteiger partial charge is 0.478 e. The van der Waals surface area contributed by atoms with E-state index in [1.807, 2.05) is 10.7 Å². The molecule has 0 radical (unpaired) electrons. The first-order valence-electron chi connectivity index (χ1n) is 11.1. The van der Waals surface area contributed by atoms with Crippen molar-refractivity contribution in [2.24, 2.45) is 7.05 Å². The number of benzene rings is 1. The van der Waals surface area contributed by atoms with Crippen molar-refractivity contribution in [1.29, 1.82) is 0 Å². The Morgan fingerprint density at radius 3 is 2.89 bits per heavy atom. The van der Waals surface area contributed by atoms with Crippen molar-refractivity contribution in [2.45, 2.75) is 32.6 Å². The SMILES string of the molecule is C[C@@H](Oc1cc(Br)cnc1[N+](=O)[O-])c1cc(F)ccc1-c1nn(C)nc1Cc1cc2n(n1)CCOC2. The zero-order valence-corrected chi connectivity index (χ0v) is 21.0. The second kappa shape index (κ2) is 9.74. The summed E-state index contributed by atoms with van der Waals surface area (Å²) < 4.78 is 28.2. The van der Waals surface area contributed by atoms with Crippen LogP contribution in [0.25, 0.3) is 11.3 Å². The summed E-state index contributed by atoms with van der Waals surface area (Å²) in [6.45, 7) is 3.50. The van der Waals surface area contributed by atoms with Gasteiger partial charge in [0.05, 0.1) is 41.3 Å². The Labute approximate surface area is 213 Å². The van der Waals surface area contributed by atoms with Gasteiger partial charge in [0, 0.05) is 30.7 Å². The average molecular weight is 558 g/mol. The molecule has 0 unspecified atom stereocenters. The topological polar surface area (TPSA) is 123 Å². The first-order valence-corrected chi connectivity index (χ1v) is 11.9. The van der Waals surface area contributed by atoms with Crippen LogP contribution in [0.3, 0.4) is 0 Å². The molecule has 5 rings (SSSR count). The van der Waals surface area contributed by atoms with Gasteiger partial charge in [0.2, 0.25) is 5.75 Å². The van der Waals surface area contributed by atoms with E-state index in [1.54, 1.807) is 20.0 Å². The van der Waals surface area contributed by atoms with E-state index >= 15 is 0 Å². The maximum atomic E-state index is 14.4. The predicted molar refractivity (Wildman–Crippen MR) is 129 cm³/mol. The van der Waals surface area contributed by atoms with Crippen LogP contribution in [-0.4, -0.2) is 41.3 Å². The van der Waals surface area contributed by atoms with Crippen LogP contribution in [0.1, 0.15) is 35.7 Å². The van der Waals surface area contributed by atoms with Crippen molar-refractivity contribution >= 4 is 21.7 Å². The number of pyridine rings is 1. The Hall–Kier alpha value is -3.71. The lowest BCUT2D eigenvalue weighted by Crippen LogP contribution is -2.16. The molecule has 0 saturated heterocycles. The zero-order valence-electron chi connectivity index (χ0n) is 19.4. The van der Waals surface area contributed by atoms with Gasteiger partial charge in [-0.2, -0.15) is 20.1 Å². The number of halogens is 2. The number of nitro groups is 1. The molecule has 36 heavy (non-hydrogen) atoms. The van der Waals surface area contributed by atoms with Crippen LogP contribution in [0.4, 0.5) is 10.2 Å². The van der Waals surface area contributed by atoms with Gasteiger partial charge in [0.15, 0.2) is 6.20 Å². The number of aromatic nitrogens is 6. The highest BCUT2D eigenvalue weighted by atomic mass is 79.9. The van der Waals surface area contributed by atoms with E-state index in [2.05, 4.69) is 36.2 Å². The van der Waals surface area contributed by atoms with Crippen molar-refractivity contribution in [3.63, 3.8) is 0 Å². The number of hydrogen-bond acceptors (Lipinski definition) is 8. The van der Waals surface area contributed by atoms with Gasteiger partial charge in [-0.1, -0.05) is 0 Å². The van der Waals surface area contributed by atoms with Gasteiger partial charge >= 0.3 is 5.82 Å². The minimum atomic E-state index is -0.766. The van der Waals surface area contributed by atoms with Crippen LogP contribution < -0.4 is 4.74 Å². The number of nitrogens with zero attached hydrogens (tertiary/aromatic N) is 7. The predicted octanol–water partition coefficient (Wildman–Crippen LogP) is 4.14. The monoisotopic (exact) mass is 557 g/mol. The molecule has 0 bridgehead atoms. The van der Waals surface area contributed by atoms with Crippen LogP contribution in [-0.2, 0) is 31.4 Å². The smallest absolute Gasteiger partial charge is 0.406 e. The van der Waals surface area contributed by atoms with Gasteiger partial charge in [0.1, 0.15) is 17.6 Å². The van der Waals surface area contributed by atoms with Gasteiger partial charge in [-0.05, 0) is 57.0 Å². The molecule has 13 heteroatoms. The Kier molecular flexibility index (Phi) is 6.49. The van der Waals surface area contributed by atoms with Gasteiger partial charge in [-0.25, -0.2) is 4.39 Å². The highest BCUT2D eigenvalue weighted by Gasteiger charge is 2.25. The summed E-state index contributed by atoms with van der Waals surface area (Å²) in [4.78, 5) is 16.1. The molecule has 1 aliphatic heterocycles. The van der Waals surface area contributed by atoms with E-state index in [1.165, 1.54) is 29.2 Å². The fourth-order valence-corrected chi connectivity index (χ4v) is 4.47. The second-order valence-corrected chi connectivity index (χ2v) is 9.20. The fourth-order valence-electron chi connectivity index (χ4n) is 4.16. The molecule has 186 valence electrons. The number of hydrogen-bond donors (Lipinski definition) is 0. The van der Waals surface area contributed by atoms with Crippen LogP contribution >= 0.6 is 15.9 Å². The van der Waals surface area contributed by atoms with Crippen molar-refractivity contribution in [2.75, 3.05) is 6.61 Å². The van der Waals surface area contributed by atoms with Gasteiger partial charge < -0.3 is 19.6 Å². The third kappa shape index (κ3) is 4.84. The standard InChI is InChI=1S/C23H21BrFN7O4/c1-13(36-21-7-14(24)11-26-23(21)32(33)34)19-8-15(25)3-4-18(19)22-20(28-30(2)29-22)10-16-9-17-12-35-6-5-31(17)27-16/h3-4,7-9,11,13H,5-6,10,12H2,1-2H3/t13-/m1/s1. The van der Waals surface area contributed by atoms with Crippen LogP contribution in [0.5, 0.6) is 5.75 Å². The number of rotatable bonds is 7. The Balaban J connectivity index is 1.51. The van der Waals surface area contributed by atoms with Crippen LogP contribution in [0.2, 0.25) is 0 Å². The lowest BCUT2D eigenvalue weighted by molar-refractivity contribution is -0.390. The summed E-state index contributed by atoms with van der Waals surface area (Å²) in [6, 6.07) is 7.71. The van der Waals surface area contributed by atoms with E-state index < -0.39 is 22.7 Å². The Bertz CT molecular complexity index is 1430. The summed E-state index contributed by atoms with van der Waals surface area (Å²) in [7, 11) is 1.71. The van der Waals surface area contributed by atoms with Crippen molar-refractivity contribution < 1.29 is 18.8 Å². The first kappa shape index (κ1) is 24.0. The number of ether oxygens (including phenoxy) is 2. The minimum absolute atomic E-state index is 0.0396. The summed E-state index contributed by atoms with van der Waals surface area (Å²) in [5.74, 6) is -0.948. The van der Waals surface area contributed by atoms with Gasteiger partial charge in [-0.3, -0.25) is 4.68 Å². The first-order chi connectivity index (χ1) is 17.3. The van der Waals surface area contributed by atoms with Crippen molar-refractivity contribution in [3.8, 4) is 17.0 Å². The maximum absolute atomic E-state index is 14.4. The molecule has 1 aliphatic rings. The van der Waals surface area contributed by atoms with Gasteiger partial charge in [0.25, 0.3) is 0 Å². The third-order valence-electron chi connectivity index (χ3n) is 5.73. The van der Waals surface area contributed by atoms with Gasteiger partial charge in [-0.15, -0.1) is 0 Å². The summed E-state index contributed by atoms with van der Waals surface area (Å²) in [5, 5.41) is 25.2. The van der Waals surface area contributed by atoms with E-state index in [4.69, 9.17) is 9.47 Å². The lowest BCUT2D eigenvalue weighted by atomic mass is 9.98. The minimum Gasteiger partial charge on any atom is -0.478 e. The quantitative estimate of drug-likeness (QED) is 0.245. The zero-order chi connectivity index (χ0) is 25.4. The lowest BCUT2D eigenvalue weighted by Gasteiger charge is -2.18. The number of fused-ring (bicyclic) bond motifs is 1. The normalized spacial score (nSPS) is 13.9. The molecule has 0 aliphatic carbocycles. The van der Waals surface area contributed by atoms with E-state index in [-0.39, 0.29) is 5.75 Å². The summed E-state index contributed by atoms with van der Waals surface area (Å²) >= 11 is 3.26. The molecule has 11 nitrogen and oxygen atoms in total. The molecule has 4 heterocycles. The molecular weight excluding hydrogens is 537 g/mol. The molecule has 0 saturated carbocycles. The summed E-state index contributed by atoms with van der Waals surface area (Å²) in [5.41, 5.74) is 4.08. The van der Waals surface area contributed by atoms with Crippen LogP contribution in [0.15, 0.2) is 41.0 Å². The molecule has 1 aromatic carbocycles. The van der Waals surface area contributed by atoms with E-state index in [0.717, 1.165) is 11.4 Å². The average Bonchev–Trinajstić information content (AvgIpc) is 3.41. The van der Waals surface area contributed by atoms with Crippen LogP contribution in [0, 0.1) is 15.9 Å². The molecule has 0 N–H and O–H groups in total. The number of aryl methyl sites for hydroxylation is 1. The van der Waals surface area contributed by atoms with Crippen molar-refractivity contribution in [3.05, 3.63) is 79.6 Å². The molecule has 0 fully saturated rings. The molecular formula is C23H21BrFN7O4. The molecule has 3 aromatic heterocycles.